The molecule has 1 aliphatic rings. The van der Waals surface area contributed by atoms with Crippen LogP contribution in [0.1, 0.15) is 49.4 Å². The van der Waals surface area contributed by atoms with Gasteiger partial charge in [0.25, 0.3) is 5.91 Å². The van der Waals surface area contributed by atoms with Gasteiger partial charge in [-0.15, -0.1) is 0 Å². The zero-order valence-corrected chi connectivity index (χ0v) is 12.5. The van der Waals surface area contributed by atoms with Crippen LogP contribution < -0.4 is 16.0 Å². The van der Waals surface area contributed by atoms with Gasteiger partial charge in [0.05, 0.1) is 11.4 Å². The van der Waals surface area contributed by atoms with Gasteiger partial charge in [0, 0.05) is 25.2 Å². The molecule has 0 radical (unpaired) electrons. The number of benzene rings is 1. The predicted octanol–water partition coefficient (Wildman–Crippen LogP) is 2.79. The van der Waals surface area contributed by atoms with Gasteiger partial charge in [-0.25, -0.2) is 0 Å². The summed E-state index contributed by atoms with van der Waals surface area (Å²) in [5.41, 5.74) is 8.61. The fraction of sp³-hybridized carbons (Fsp3) is 0.562. The maximum atomic E-state index is 11.8. The van der Waals surface area contributed by atoms with Crippen molar-refractivity contribution in [1.29, 1.82) is 0 Å². The number of anilines is 2. The number of nitrogens with zero attached hydrogens (tertiary/aromatic N) is 1. The molecule has 0 saturated carbocycles. The molecule has 1 fully saturated rings. The van der Waals surface area contributed by atoms with Crippen LogP contribution in [0.15, 0.2) is 18.2 Å². The minimum absolute atomic E-state index is 0.0599. The summed E-state index contributed by atoms with van der Waals surface area (Å²) in [4.78, 5) is 14.2. The molecule has 1 saturated heterocycles. The Hall–Kier alpha value is -1.71. The minimum atomic E-state index is -0.0599. The van der Waals surface area contributed by atoms with E-state index in [0.717, 1.165) is 17.9 Å². The van der Waals surface area contributed by atoms with E-state index < -0.39 is 0 Å². The molecule has 20 heavy (non-hydrogen) atoms. The van der Waals surface area contributed by atoms with E-state index in [1.807, 2.05) is 12.1 Å². The average Bonchev–Trinajstić information content (AvgIpc) is 2.48. The van der Waals surface area contributed by atoms with E-state index in [1.165, 1.54) is 32.1 Å². The molecule has 2 rings (SSSR count). The number of amides is 1. The second-order valence-electron chi connectivity index (χ2n) is 5.48. The molecule has 0 aromatic heterocycles. The van der Waals surface area contributed by atoms with Crippen LogP contribution in [0, 0.1) is 0 Å². The monoisotopic (exact) mass is 275 g/mol. The molecule has 1 amide bonds. The Labute approximate surface area is 121 Å². The van der Waals surface area contributed by atoms with E-state index in [1.54, 1.807) is 13.1 Å². The second-order valence-corrected chi connectivity index (χ2v) is 5.48. The van der Waals surface area contributed by atoms with Crippen molar-refractivity contribution >= 4 is 17.3 Å². The third-order valence-electron chi connectivity index (χ3n) is 4.08. The van der Waals surface area contributed by atoms with Gasteiger partial charge in [-0.05, 0) is 43.9 Å². The average molecular weight is 275 g/mol. The first-order valence-electron chi connectivity index (χ1n) is 7.55. The number of piperidine rings is 1. The van der Waals surface area contributed by atoms with Crippen molar-refractivity contribution < 1.29 is 4.79 Å². The van der Waals surface area contributed by atoms with Gasteiger partial charge in [0.2, 0.25) is 0 Å². The molecule has 0 spiro atoms. The highest BCUT2D eigenvalue weighted by Gasteiger charge is 2.24. The fourth-order valence-electron chi connectivity index (χ4n) is 3.03. The van der Waals surface area contributed by atoms with E-state index in [9.17, 15) is 4.79 Å². The lowest BCUT2D eigenvalue weighted by Crippen LogP contribution is -2.40. The topological polar surface area (TPSA) is 58.4 Å². The van der Waals surface area contributed by atoms with Crippen LogP contribution >= 0.6 is 0 Å². The highest BCUT2D eigenvalue weighted by atomic mass is 16.1. The highest BCUT2D eigenvalue weighted by molar-refractivity contribution is 5.96. The molecule has 1 unspecified atom stereocenters. The summed E-state index contributed by atoms with van der Waals surface area (Å²) in [6.45, 7) is 3.25. The van der Waals surface area contributed by atoms with Crippen molar-refractivity contribution in [3.05, 3.63) is 23.8 Å². The Morgan fingerprint density at radius 3 is 2.95 bits per heavy atom. The molecule has 1 heterocycles. The Kier molecular flexibility index (Phi) is 4.88. The zero-order valence-electron chi connectivity index (χ0n) is 12.5. The normalized spacial score (nSPS) is 18.9. The molecule has 4 heteroatoms. The van der Waals surface area contributed by atoms with E-state index in [2.05, 4.69) is 17.1 Å². The third-order valence-corrected chi connectivity index (χ3v) is 4.08. The van der Waals surface area contributed by atoms with Crippen LogP contribution in [-0.4, -0.2) is 25.5 Å². The number of hydrogen-bond acceptors (Lipinski definition) is 3. The number of nitrogens with two attached hydrogens (primary N) is 1. The van der Waals surface area contributed by atoms with Crippen LogP contribution in [0.5, 0.6) is 0 Å². The molecule has 110 valence electrons. The maximum absolute atomic E-state index is 11.8. The first-order chi connectivity index (χ1) is 9.67. The molecule has 1 aliphatic heterocycles. The molecular weight excluding hydrogens is 250 g/mol. The lowest BCUT2D eigenvalue weighted by Gasteiger charge is -2.38. The van der Waals surface area contributed by atoms with Crippen LogP contribution in [0.3, 0.4) is 0 Å². The SMILES string of the molecule is CCCC1CCCCN1c1cc(C(=O)NC)ccc1N. The highest BCUT2D eigenvalue weighted by Crippen LogP contribution is 2.32. The smallest absolute Gasteiger partial charge is 0.251 e. The molecule has 1 aromatic carbocycles. The number of carbonyl (C=O) groups is 1. The summed E-state index contributed by atoms with van der Waals surface area (Å²) in [6.07, 6.45) is 6.07. The van der Waals surface area contributed by atoms with Crippen molar-refractivity contribution in [2.45, 2.75) is 45.1 Å². The lowest BCUT2D eigenvalue weighted by atomic mass is 9.96. The Morgan fingerprint density at radius 1 is 1.45 bits per heavy atom. The van der Waals surface area contributed by atoms with E-state index in [4.69, 9.17) is 5.73 Å². The number of rotatable bonds is 4. The summed E-state index contributed by atoms with van der Waals surface area (Å²) in [7, 11) is 1.65. The number of hydrogen-bond donors (Lipinski definition) is 2. The van der Waals surface area contributed by atoms with Crippen molar-refractivity contribution in [3.63, 3.8) is 0 Å². The molecule has 3 N–H and O–H groups in total. The number of nitrogen functional groups attached to an aromatic ring is 1. The first-order valence-corrected chi connectivity index (χ1v) is 7.55. The molecule has 0 bridgehead atoms. The van der Waals surface area contributed by atoms with Crippen LogP contribution in [0.25, 0.3) is 0 Å². The largest absolute Gasteiger partial charge is 0.397 e. The minimum Gasteiger partial charge on any atom is -0.397 e. The molecule has 1 atom stereocenters. The Morgan fingerprint density at radius 2 is 2.25 bits per heavy atom. The van der Waals surface area contributed by atoms with Gasteiger partial charge in [-0.2, -0.15) is 0 Å². The first kappa shape index (κ1) is 14.7. The maximum Gasteiger partial charge on any atom is 0.251 e. The van der Waals surface area contributed by atoms with E-state index in [0.29, 0.717) is 11.6 Å². The number of carbonyl (C=O) groups excluding carboxylic acids is 1. The van der Waals surface area contributed by atoms with Crippen molar-refractivity contribution in [1.82, 2.24) is 5.32 Å². The molecule has 1 aromatic rings. The summed E-state index contributed by atoms with van der Waals surface area (Å²) < 4.78 is 0. The van der Waals surface area contributed by atoms with Gasteiger partial charge in [0.15, 0.2) is 0 Å². The summed E-state index contributed by atoms with van der Waals surface area (Å²) in [5.74, 6) is -0.0599. The summed E-state index contributed by atoms with van der Waals surface area (Å²) in [5, 5.41) is 2.67. The summed E-state index contributed by atoms with van der Waals surface area (Å²) >= 11 is 0. The van der Waals surface area contributed by atoms with Crippen molar-refractivity contribution in [2.24, 2.45) is 0 Å². The molecule has 0 aliphatic carbocycles. The van der Waals surface area contributed by atoms with E-state index in [-0.39, 0.29) is 5.91 Å². The Bertz CT molecular complexity index is 471. The second kappa shape index (κ2) is 6.64. The quantitative estimate of drug-likeness (QED) is 0.831. The van der Waals surface area contributed by atoms with E-state index >= 15 is 0 Å². The van der Waals surface area contributed by atoms with Crippen LogP contribution in [-0.2, 0) is 0 Å². The Balaban J connectivity index is 2.31. The molecular formula is C16H25N3O. The fourth-order valence-corrected chi connectivity index (χ4v) is 3.03. The summed E-state index contributed by atoms with van der Waals surface area (Å²) in [6, 6.07) is 6.12. The molecule has 4 nitrogen and oxygen atoms in total. The van der Waals surface area contributed by atoms with Crippen molar-refractivity contribution in [3.8, 4) is 0 Å². The van der Waals surface area contributed by atoms with Crippen molar-refractivity contribution in [2.75, 3.05) is 24.2 Å². The zero-order chi connectivity index (χ0) is 14.5. The van der Waals surface area contributed by atoms with Crippen LogP contribution in [0.4, 0.5) is 11.4 Å². The van der Waals surface area contributed by atoms with Gasteiger partial charge in [0.1, 0.15) is 0 Å². The standard InChI is InChI=1S/C16H25N3O/c1-3-6-13-7-4-5-10-19(13)15-11-12(16(20)18-2)8-9-14(15)17/h8-9,11,13H,3-7,10,17H2,1-2H3,(H,18,20). The van der Waals surface area contributed by atoms with Crippen LogP contribution in [0.2, 0.25) is 0 Å². The lowest BCUT2D eigenvalue weighted by molar-refractivity contribution is 0.0963. The predicted molar refractivity (Wildman–Crippen MR) is 84.1 cm³/mol. The van der Waals surface area contributed by atoms with Gasteiger partial charge >= 0.3 is 0 Å². The number of nitrogens with one attached hydrogen (secondary N) is 1. The van der Waals surface area contributed by atoms with Gasteiger partial charge in [-0.1, -0.05) is 13.3 Å². The third kappa shape index (κ3) is 3.06. The van der Waals surface area contributed by atoms with Gasteiger partial charge < -0.3 is 16.0 Å². The van der Waals surface area contributed by atoms with Gasteiger partial charge in [-0.3, -0.25) is 4.79 Å².